The molecule has 174 valence electrons. The van der Waals surface area contributed by atoms with Gasteiger partial charge in [0.1, 0.15) is 11.6 Å². The molecule has 9 heteroatoms. The number of aromatic nitrogens is 5. The van der Waals surface area contributed by atoms with Crippen LogP contribution in [0.1, 0.15) is 67.1 Å². The van der Waals surface area contributed by atoms with Crippen molar-refractivity contribution in [2.45, 2.75) is 64.2 Å². The van der Waals surface area contributed by atoms with E-state index in [-0.39, 0.29) is 6.04 Å². The van der Waals surface area contributed by atoms with E-state index in [0.717, 1.165) is 41.0 Å². The predicted molar refractivity (Wildman–Crippen MR) is 126 cm³/mol. The average Bonchev–Trinajstić information content (AvgIpc) is 3.59. The molecular formula is C24H32N8O. The Balaban J connectivity index is 1.32. The average molecular weight is 449 g/mol. The third-order valence-electron chi connectivity index (χ3n) is 6.63. The van der Waals surface area contributed by atoms with Crippen LogP contribution in [-0.2, 0) is 20.1 Å². The normalized spacial score (nSPS) is 18.7. The van der Waals surface area contributed by atoms with Gasteiger partial charge in [0.2, 0.25) is 0 Å². The first-order valence-electron chi connectivity index (χ1n) is 11.8. The molecule has 2 aliphatic rings. The van der Waals surface area contributed by atoms with Crippen LogP contribution in [0.4, 0.5) is 0 Å². The van der Waals surface area contributed by atoms with Gasteiger partial charge in [-0.1, -0.05) is 31.0 Å². The van der Waals surface area contributed by atoms with Crippen LogP contribution in [0, 0.1) is 6.92 Å². The molecule has 1 unspecified atom stereocenters. The van der Waals surface area contributed by atoms with Gasteiger partial charge >= 0.3 is 0 Å². The molecule has 3 aromatic rings. The van der Waals surface area contributed by atoms with Gasteiger partial charge in [-0.3, -0.25) is 4.68 Å². The van der Waals surface area contributed by atoms with Crippen LogP contribution >= 0.6 is 0 Å². The fraction of sp³-hybridized carbons (Fsp3) is 0.500. The fourth-order valence-electron chi connectivity index (χ4n) is 4.57. The van der Waals surface area contributed by atoms with Crippen molar-refractivity contribution in [1.29, 1.82) is 0 Å². The van der Waals surface area contributed by atoms with Crippen molar-refractivity contribution in [3.63, 3.8) is 0 Å². The Morgan fingerprint density at radius 3 is 2.82 bits per heavy atom. The number of nitrogens with zero attached hydrogens (tertiary/aromatic N) is 6. The van der Waals surface area contributed by atoms with Gasteiger partial charge in [0, 0.05) is 25.2 Å². The zero-order valence-corrected chi connectivity index (χ0v) is 19.4. The van der Waals surface area contributed by atoms with E-state index in [1.165, 1.54) is 25.7 Å². The molecule has 2 aromatic heterocycles. The molecule has 1 aliphatic heterocycles. The first-order valence-corrected chi connectivity index (χ1v) is 11.8. The van der Waals surface area contributed by atoms with Crippen LogP contribution in [0.3, 0.4) is 0 Å². The van der Waals surface area contributed by atoms with E-state index < -0.39 is 0 Å². The molecule has 9 nitrogen and oxygen atoms in total. The Morgan fingerprint density at radius 1 is 1.15 bits per heavy atom. The highest BCUT2D eigenvalue weighted by Gasteiger charge is 2.22. The van der Waals surface area contributed by atoms with Gasteiger partial charge in [-0.25, -0.2) is 4.99 Å². The third-order valence-corrected chi connectivity index (χ3v) is 6.63. The second kappa shape index (κ2) is 9.64. The highest BCUT2D eigenvalue weighted by molar-refractivity contribution is 5.80. The van der Waals surface area contributed by atoms with E-state index in [4.69, 9.17) is 14.8 Å². The number of nitrogens with one attached hydrogen (secondary N) is 2. The Hall–Kier alpha value is -3.36. The number of fused-ring (bicyclic) bond motifs is 1. The van der Waals surface area contributed by atoms with Gasteiger partial charge in [0.25, 0.3) is 0 Å². The second-order valence-corrected chi connectivity index (χ2v) is 8.84. The summed E-state index contributed by atoms with van der Waals surface area (Å²) in [4.78, 5) is 4.87. The van der Waals surface area contributed by atoms with Crippen LogP contribution in [0.2, 0.25) is 0 Å². The van der Waals surface area contributed by atoms with E-state index >= 15 is 0 Å². The van der Waals surface area contributed by atoms with Crippen molar-refractivity contribution in [3.8, 4) is 5.75 Å². The first-order chi connectivity index (χ1) is 16.2. The molecule has 0 saturated heterocycles. The van der Waals surface area contributed by atoms with Crippen molar-refractivity contribution in [3.05, 3.63) is 59.4 Å². The van der Waals surface area contributed by atoms with Crippen molar-refractivity contribution < 1.29 is 4.74 Å². The van der Waals surface area contributed by atoms with Gasteiger partial charge in [0.15, 0.2) is 11.8 Å². The number of hydrogen-bond acceptors (Lipinski definition) is 5. The summed E-state index contributed by atoms with van der Waals surface area (Å²) in [7, 11) is 1.97. The minimum Gasteiger partial charge on any atom is -0.493 e. The smallest absolute Gasteiger partial charge is 0.192 e. The summed E-state index contributed by atoms with van der Waals surface area (Å²) in [6, 6.07) is 10.9. The van der Waals surface area contributed by atoms with Gasteiger partial charge in [0.05, 0.1) is 37.5 Å². The van der Waals surface area contributed by atoms with Crippen LogP contribution in [-0.4, -0.2) is 37.1 Å². The number of ether oxygens (including phenoxy) is 1. The summed E-state index contributed by atoms with van der Waals surface area (Å²) in [5.41, 5.74) is 2.13. The SMILES string of the molecule is Cc1nnc(CNC(=NCc2ccn(C3CCCC3)n2)NC2CCOc3ccccc32)n1C. The van der Waals surface area contributed by atoms with E-state index in [2.05, 4.69) is 43.8 Å². The van der Waals surface area contributed by atoms with Gasteiger partial charge in [-0.15, -0.1) is 10.2 Å². The van der Waals surface area contributed by atoms with Crippen LogP contribution in [0.25, 0.3) is 0 Å². The number of guanidine groups is 1. The number of aliphatic imine (C=N–C) groups is 1. The largest absolute Gasteiger partial charge is 0.493 e. The van der Waals surface area contributed by atoms with E-state index in [9.17, 15) is 0 Å². The van der Waals surface area contributed by atoms with E-state index in [1.54, 1.807) is 0 Å². The van der Waals surface area contributed by atoms with Crippen molar-refractivity contribution in [2.75, 3.05) is 6.61 Å². The lowest BCUT2D eigenvalue weighted by atomic mass is 10.0. The van der Waals surface area contributed by atoms with Crippen molar-refractivity contribution in [1.82, 2.24) is 35.2 Å². The molecule has 1 fully saturated rings. The molecular weight excluding hydrogens is 416 g/mol. The summed E-state index contributed by atoms with van der Waals surface area (Å²) < 4.78 is 9.93. The number of hydrogen-bond donors (Lipinski definition) is 2. The summed E-state index contributed by atoms with van der Waals surface area (Å²) in [6.07, 6.45) is 8.00. The molecule has 1 aliphatic carbocycles. The molecule has 0 spiro atoms. The number of rotatable bonds is 6. The van der Waals surface area contributed by atoms with Gasteiger partial charge < -0.3 is 19.9 Å². The lowest BCUT2D eigenvalue weighted by Gasteiger charge is -2.28. The van der Waals surface area contributed by atoms with E-state index in [1.807, 2.05) is 36.7 Å². The molecule has 1 aromatic carbocycles. The molecule has 1 atom stereocenters. The standard InChI is InChI=1S/C24H32N8O/c1-17-28-29-23(31(17)2)16-26-24(27-21-12-14-33-22-10-6-5-9-20(21)22)25-15-18-11-13-32(30-18)19-7-3-4-8-19/h5-6,9-11,13,19,21H,3-4,7-8,12,14-16H2,1-2H3,(H2,25,26,27). The van der Waals surface area contributed by atoms with Gasteiger partial charge in [-0.2, -0.15) is 5.10 Å². The van der Waals surface area contributed by atoms with Crippen molar-refractivity contribution >= 4 is 5.96 Å². The first kappa shape index (κ1) is 21.5. The highest BCUT2D eigenvalue weighted by Crippen LogP contribution is 2.31. The summed E-state index contributed by atoms with van der Waals surface area (Å²) >= 11 is 0. The molecule has 33 heavy (non-hydrogen) atoms. The monoisotopic (exact) mass is 448 g/mol. The molecule has 1 saturated carbocycles. The second-order valence-electron chi connectivity index (χ2n) is 8.84. The maximum absolute atomic E-state index is 5.83. The summed E-state index contributed by atoms with van der Waals surface area (Å²) in [5.74, 6) is 3.40. The Labute approximate surface area is 194 Å². The molecule has 2 N–H and O–H groups in total. The zero-order chi connectivity index (χ0) is 22.6. The third kappa shape index (κ3) is 4.86. The maximum Gasteiger partial charge on any atom is 0.192 e. The van der Waals surface area contributed by atoms with Crippen LogP contribution in [0.15, 0.2) is 41.5 Å². The van der Waals surface area contributed by atoms with E-state index in [0.29, 0.717) is 25.7 Å². The van der Waals surface area contributed by atoms with Crippen molar-refractivity contribution in [2.24, 2.45) is 12.0 Å². The molecule has 5 rings (SSSR count). The summed E-state index contributed by atoms with van der Waals surface area (Å²) in [5, 5.41) is 20.3. The Kier molecular flexibility index (Phi) is 6.28. The van der Waals surface area contributed by atoms with Crippen LogP contribution < -0.4 is 15.4 Å². The molecule has 3 heterocycles. The highest BCUT2D eigenvalue weighted by atomic mass is 16.5. The lowest BCUT2D eigenvalue weighted by molar-refractivity contribution is 0.261. The quantitative estimate of drug-likeness (QED) is 0.444. The zero-order valence-electron chi connectivity index (χ0n) is 19.4. The minimum absolute atomic E-state index is 0.124. The molecule has 0 bridgehead atoms. The van der Waals surface area contributed by atoms with Gasteiger partial charge in [-0.05, 0) is 31.9 Å². The maximum atomic E-state index is 5.83. The molecule has 0 radical (unpaired) electrons. The number of aryl methyl sites for hydroxylation is 1. The Bertz CT molecular complexity index is 1110. The number of para-hydroxylation sites is 1. The molecule has 0 amide bonds. The lowest BCUT2D eigenvalue weighted by Crippen LogP contribution is -2.41. The van der Waals surface area contributed by atoms with Crippen LogP contribution in [0.5, 0.6) is 5.75 Å². The summed E-state index contributed by atoms with van der Waals surface area (Å²) in [6.45, 7) is 3.67. The fourth-order valence-corrected chi connectivity index (χ4v) is 4.57. The predicted octanol–water partition coefficient (Wildman–Crippen LogP) is 3.19. The Morgan fingerprint density at radius 2 is 2.00 bits per heavy atom. The number of benzene rings is 1. The minimum atomic E-state index is 0.124. The topological polar surface area (TPSA) is 94.2 Å².